The number of aliphatic hydroxyl groups is 1. The maximum absolute atomic E-state index is 12.0. The monoisotopic (exact) mass is 324 g/mol. The predicted molar refractivity (Wildman–Crippen MR) is 77.1 cm³/mol. The molecule has 0 radical (unpaired) electrons. The second kappa shape index (κ2) is 6.75. The van der Waals surface area contributed by atoms with E-state index in [1.165, 1.54) is 6.20 Å². The van der Waals surface area contributed by atoms with E-state index in [0.29, 0.717) is 13.0 Å². The molecular weight excluding hydrogens is 311 g/mol. The van der Waals surface area contributed by atoms with Crippen molar-refractivity contribution in [3.8, 4) is 0 Å². The van der Waals surface area contributed by atoms with Crippen LogP contribution in [0.5, 0.6) is 0 Å². The highest BCUT2D eigenvalue weighted by molar-refractivity contribution is 6.48. The van der Waals surface area contributed by atoms with Gasteiger partial charge in [0.05, 0.1) is 15.1 Å². The molecule has 19 heavy (non-hydrogen) atoms. The van der Waals surface area contributed by atoms with Gasteiger partial charge in [-0.05, 0) is 11.8 Å². The Kier molecular flexibility index (Phi) is 5.86. The van der Waals surface area contributed by atoms with Crippen LogP contribution < -0.4 is 5.32 Å². The number of nitrogens with one attached hydrogen (secondary N) is 1. The van der Waals surface area contributed by atoms with Crippen molar-refractivity contribution < 1.29 is 9.90 Å². The molecule has 0 saturated heterocycles. The van der Waals surface area contributed by atoms with Gasteiger partial charge in [0.1, 0.15) is 5.69 Å². The molecule has 2 N–H and O–H groups in total. The fraction of sp³-hybridized carbons (Fsp3) is 0.500. The molecule has 4 nitrogen and oxygen atoms in total. The van der Waals surface area contributed by atoms with E-state index in [1.807, 2.05) is 13.8 Å². The highest BCUT2D eigenvalue weighted by Crippen LogP contribution is 2.31. The first kappa shape index (κ1) is 16.5. The van der Waals surface area contributed by atoms with Gasteiger partial charge in [0.15, 0.2) is 0 Å². The van der Waals surface area contributed by atoms with Crippen LogP contribution >= 0.6 is 34.8 Å². The summed E-state index contributed by atoms with van der Waals surface area (Å²) in [4.78, 5) is 15.8. The van der Waals surface area contributed by atoms with Gasteiger partial charge in [-0.3, -0.25) is 4.79 Å². The first-order valence-corrected chi connectivity index (χ1v) is 6.80. The van der Waals surface area contributed by atoms with E-state index >= 15 is 0 Å². The largest absolute Gasteiger partial charge is 0.396 e. The van der Waals surface area contributed by atoms with Gasteiger partial charge in [0, 0.05) is 19.3 Å². The van der Waals surface area contributed by atoms with Crippen molar-refractivity contribution in [1.82, 2.24) is 10.3 Å². The van der Waals surface area contributed by atoms with Crippen LogP contribution in [-0.2, 0) is 0 Å². The van der Waals surface area contributed by atoms with Crippen LogP contribution in [0, 0.1) is 5.41 Å². The van der Waals surface area contributed by atoms with E-state index in [-0.39, 0.29) is 32.8 Å². The van der Waals surface area contributed by atoms with Crippen LogP contribution in [0.3, 0.4) is 0 Å². The summed E-state index contributed by atoms with van der Waals surface area (Å²) >= 11 is 17.5. The highest BCUT2D eigenvalue weighted by atomic mass is 35.5. The molecule has 0 aliphatic carbocycles. The van der Waals surface area contributed by atoms with Gasteiger partial charge in [-0.1, -0.05) is 48.7 Å². The standard InChI is InChI=1S/C12H15Cl3N2O2/c1-12(2,3-4-18)6-17-11(19)10-9(15)8(14)7(13)5-16-10/h5,18H,3-4,6H2,1-2H3,(H,17,19). The lowest BCUT2D eigenvalue weighted by molar-refractivity contribution is 0.0923. The van der Waals surface area contributed by atoms with E-state index in [2.05, 4.69) is 10.3 Å². The van der Waals surface area contributed by atoms with E-state index in [4.69, 9.17) is 39.9 Å². The Balaban J connectivity index is 2.77. The second-order valence-electron chi connectivity index (χ2n) is 4.90. The van der Waals surface area contributed by atoms with Crippen LogP contribution in [0.15, 0.2) is 6.20 Å². The van der Waals surface area contributed by atoms with E-state index in [0.717, 1.165) is 0 Å². The number of hydrogen-bond donors (Lipinski definition) is 2. The maximum atomic E-state index is 12.0. The lowest BCUT2D eigenvalue weighted by Gasteiger charge is -2.23. The van der Waals surface area contributed by atoms with Crippen molar-refractivity contribution in [2.45, 2.75) is 20.3 Å². The number of nitrogens with zero attached hydrogens (tertiary/aromatic N) is 1. The average molecular weight is 326 g/mol. The normalized spacial score (nSPS) is 11.5. The molecule has 1 heterocycles. The third-order valence-electron chi connectivity index (χ3n) is 2.65. The Morgan fingerprint density at radius 3 is 2.58 bits per heavy atom. The maximum Gasteiger partial charge on any atom is 0.271 e. The van der Waals surface area contributed by atoms with Gasteiger partial charge in [-0.15, -0.1) is 0 Å². The van der Waals surface area contributed by atoms with Crippen LogP contribution in [0.25, 0.3) is 0 Å². The minimum Gasteiger partial charge on any atom is -0.396 e. The first-order chi connectivity index (χ1) is 8.78. The van der Waals surface area contributed by atoms with Crippen molar-refractivity contribution in [2.75, 3.05) is 13.2 Å². The Labute approximate surface area is 127 Å². The molecule has 0 fully saturated rings. The molecule has 1 rings (SSSR count). The summed E-state index contributed by atoms with van der Waals surface area (Å²) in [5.74, 6) is -0.422. The number of halogens is 3. The fourth-order valence-electron chi connectivity index (χ4n) is 1.40. The Morgan fingerprint density at radius 1 is 1.37 bits per heavy atom. The second-order valence-corrected chi connectivity index (χ2v) is 6.07. The fourth-order valence-corrected chi connectivity index (χ4v) is 1.96. The number of aromatic nitrogens is 1. The van der Waals surface area contributed by atoms with E-state index < -0.39 is 5.91 Å². The van der Waals surface area contributed by atoms with Gasteiger partial charge in [-0.2, -0.15) is 0 Å². The summed E-state index contributed by atoms with van der Waals surface area (Å²) in [6, 6.07) is 0. The smallest absolute Gasteiger partial charge is 0.271 e. The van der Waals surface area contributed by atoms with Crippen LogP contribution in [-0.4, -0.2) is 29.1 Å². The summed E-state index contributed by atoms with van der Waals surface area (Å²) in [6.07, 6.45) is 1.86. The van der Waals surface area contributed by atoms with E-state index in [1.54, 1.807) is 0 Å². The lowest BCUT2D eigenvalue weighted by Crippen LogP contribution is -2.35. The summed E-state index contributed by atoms with van der Waals surface area (Å²) in [7, 11) is 0. The molecule has 1 aromatic rings. The molecule has 0 bridgehead atoms. The number of pyridine rings is 1. The van der Waals surface area contributed by atoms with E-state index in [9.17, 15) is 4.79 Å². The SMILES string of the molecule is CC(C)(CCO)CNC(=O)c1ncc(Cl)c(Cl)c1Cl. The van der Waals surface area contributed by atoms with Gasteiger partial charge in [0.25, 0.3) is 5.91 Å². The Morgan fingerprint density at radius 2 is 2.00 bits per heavy atom. The van der Waals surface area contributed by atoms with Crippen molar-refractivity contribution >= 4 is 40.7 Å². The summed E-state index contributed by atoms with van der Waals surface area (Å²) in [5.41, 5.74) is -0.177. The zero-order valence-electron chi connectivity index (χ0n) is 10.6. The minimum absolute atomic E-state index is 0.0339. The van der Waals surface area contributed by atoms with Crippen LogP contribution in [0.1, 0.15) is 30.8 Å². The van der Waals surface area contributed by atoms with Gasteiger partial charge in [0.2, 0.25) is 0 Å². The lowest BCUT2D eigenvalue weighted by atomic mass is 9.90. The molecule has 1 aromatic heterocycles. The van der Waals surface area contributed by atoms with Gasteiger partial charge < -0.3 is 10.4 Å². The Bertz CT molecular complexity index is 478. The van der Waals surface area contributed by atoms with Crippen molar-refractivity contribution in [2.24, 2.45) is 5.41 Å². The quantitative estimate of drug-likeness (QED) is 0.874. The molecule has 0 aliphatic heterocycles. The summed E-state index contributed by atoms with van der Waals surface area (Å²) in [5, 5.41) is 12.0. The average Bonchev–Trinajstić information content (AvgIpc) is 2.33. The third kappa shape index (κ3) is 4.49. The molecule has 106 valence electrons. The molecule has 0 aliphatic rings. The number of amides is 1. The zero-order valence-corrected chi connectivity index (χ0v) is 12.9. The minimum atomic E-state index is -0.422. The molecule has 0 atom stereocenters. The number of carbonyl (C=O) groups excluding carboxylic acids is 1. The van der Waals surface area contributed by atoms with Crippen molar-refractivity contribution in [1.29, 1.82) is 0 Å². The van der Waals surface area contributed by atoms with Crippen molar-refractivity contribution in [3.63, 3.8) is 0 Å². The highest BCUT2D eigenvalue weighted by Gasteiger charge is 2.21. The number of hydrogen-bond acceptors (Lipinski definition) is 3. The summed E-state index contributed by atoms with van der Waals surface area (Å²) < 4.78 is 0. The molecule has 1 amide bonds. The zero-order chi connectivity index (χ0) is 14.6. The first-order valence-electron chi connectivity index (χ1n) is 5.67. The molecule has 7 heteroatoms. The predicted octanol–water partition coefficient (Wildman–Crippen LogP) is 3.18. The number of rotatable bonds is 5. The summed E-state index contributed by atoms with van der Waals surface area (Å²) in [6.45, 7) is 4.33. The molecule has 0 aromatic carbocycles. The number of aliphatic hydroxyl groups excluding tert-OH is 1. The van der Waals surface area contributed by atoms with Crippen molar-refractivity contribution in [3.05, 3.63) is 27.0 Å². The van der Waals surface area contributed by atoms with Gasteiger partial charge >= 0.3 is 0 Å². The molecule has 0 saturated carbocycles. The molecular formula is C12H15Cl3N2O2. The number of carbonyl (C=O) groups is 1. The Hall–Kier alpha value is -0.550. The molecule has 0 spiro atoms. The molecule has 0 unspecified atom stereocenters. The third-order valence-corrected chi connectivity index (χ3v) is 3.89. The van der Waals surface area contributed by atoms with Crippen LogP contribution in [0.2, 0.25) is 15.1 Å². The topological polar surface area (TPSA) is 62.2 Å². The van der Waals surface area contributed by atoms with Gasteiger partial charge in [-0.25, -0.2) is 4.98 Å². The van der Waals surface area contributed by atoms with Crippen LogP contribution in [0.4, 0.5) is 0 Å².